The minimum absolute atomic E-state index is 0.0504. The molecule has 0 aliphatic carbocycles. The number of hydrogen-bond acceptors (Lipinski definition) is 11. The van der Waals surface area contributed by atoms with Crippen molar-refractivity contribution in [1.29, 1.82) is 0 Å². The van der Waals surface area contributed by atoms with Crippen molar-refractivity contribution in [3.63, 3.8) is 0 Å². The van der Waals surface area contributed by atoms with Crippen LogP contribution >= 0.6 is 0 Å². The number of aryl methyl sites for hydroxylation is 2. The second kappa shape index (κ2) is 12.7. The summed E-state index contributed by atoms with van der Waals surface area (Å²) in [5.74, 6) is -3.23. The van der Waals surface area contributed by atoms with Gasteiger partial charge in [0.1, 0.15) is 18.5 Å². The topological polar surface area (TPSA) is 152 Å². The van der Waals surface area contributed by atoms with Crippen molar-refractivity contribution < 1.29 is 52.0 Å². The van der Waals surface area contributed by atoms with Crippen LogP contribution in [0.2, 0.25) is 0 Å². The molecule has 2 aromatic rings. The van der Waals surface area contributed by atoms with E-state index in [-0.39, 0.29) is 18.1 Å². The van der Waals surface area contributed by atoms with Crippen molar-refractivity contribution in [2.24, 2.45) is 0 Å². The first-order valence-corrected chi connectivity index (χ1v) is 12.1. The lowest BCUT2D eigenvalue weighted by Crippen LogP contribution is -2.63. The lowest BCUT2D eigenvalue weighted by atomic mass is 9.98. The number of halogens is 1. The van der Waals surface area contributed by atoms with Crippen molar-refractivity contribution in [2.75, 3.05) is 6.61 Å². The van der Waals surface area contributed by atoms with E-state index in [1.165, 1.54) is 13.0 Å². The molecule has 1 fully saturated rings. The van der Waals surface area contributed by atoms with E-state index < -0.39 is 61.2 Å². The van der Waals surface area contributed by atoms with Gasteiger partial charge in [-0.05, 0) is 31.0 Å². The third-order valence-electron chi connectivity index (χ3n) is 5.83. The Bertz CT molecular complexity index is 1230. The summed E-state index contributed by atoms with van der Waals surface area (Å²) in [7, 11) is 0. The molecular formula is C26H31FN2O10. The number of benzene rings is 1. The maximum atomic E-state index is 14.2. The molecule has 1 saturated heterocycles. The maximum absolute atomic E-state index is 14.2. The van der Waals surface area contributed by atoms with Gasteiger partial charge in [0, 0.05) is 45.4 Å². The van der Waals surface area contributed by atoms with E-state index in [0.717, 1.165) is 20.8 Å². The molecule has 0 spiro atoms. The van der Waals surface area contributed by atoms with Gasteiger partial charge in [0.05, 0.1) is 0 Å². The van der Waals surface area contributed by atoms with Crippen LogP contribution in [0.5, 0.6) is 5.88 Å². The van der Waals surface area contributed by atoms with Gasteiger partial charge in [-0.25, -0.2) is 4.39 Å². The molecule has 212 valence electrons. The molecule has 39 heavy (non-hydrogen) atoms. The van der Waals surface area contributed by atoms with E-state index in [4.69, 9.17) is 28.4 Å². The summed E-state index contributed by atoms with van der Waals surface area (Å²) in [6.07, 6.45) is -6.49. The van der Waals surface area contributed by atoms with Crippen LogP contribution in [-0.4, -0.2) is 71.4 Å². The highest BCUT2D eigenvalue weighted by atomic mass is 19.1. The summed E-state index contributed by atoms with van der Waals surface area (Å²) in [6.45, 7) is 7.56. The standard InChI is InChI=1S/C26H31FN2O10/c1-12-7-8-18(10-20(12)27)9-19-13(2)28-29-25(19)39-26-24(37-17(6)33)23(36-16(5)32)22(35-15(4)31)21(38-26)11-34-14(3)30/h7-8,10,21-24,26H,9,11H2,1-6H3,(H,28,29)/t21-,22-,23+,24-,26+/m1/s1. The van der Waals surface area contributed by atoms with Gasteiger partial charge in [-0.3, -0.25) is 24.3 Å². The van der Waals surface area contributed by atoms with Gasteiger partial charge < -0.3 is 28.4 Å². The van der Waals surface area contributed by atoms with Crippen LogP contribution in [-0.2, 0) is 49.3 Å². The average molecular weight is 551 g/mol. The average Bonchev–Trinajstić information content (AvgIpc) is 3.16. The first-order valence-electron chi connectivity index (χ1n) is 12.1. The maximum Gasteiger partial charge on any atom is 0.303 e. The Labute approximate surface area is 224 Å². The smallest absolute Gasteiger partial charge is 0.303 e. The Morgan fingerprint density at radius 1 is 0.923 bits per heavy atom. The van der Waals surface area contributed by atoms with Gasteiger partial charge in [-0.2, -0.15) is 0 Å². The molecule has 0 unspecified atom stereocenters. The summed E-state index contributed by atoms with van der Waals surface area (Å²) in [6, 6.07) is 4.82. The van der Waals surface area contributed by atoms with Crippen LogP contribution in [0.3, 0.4) is 0 Å². The van der Waals surface area contributed by atoms with Crippen molar-refractivity contribution >= 4 is 23.9 Å². The zero-order valence-electron chi connectivity index (χ0n) is 22.4. The SMILES string of the molecule is CC(=O)OC[C@H]1O[C@@H](Oc2n[nH]c(C)c2Cc2ccc(C)c(F)c2)[C@H](OC(C)=O)[C@@H](OC(C)=O)[C@@H]1OC(C)=O. The molecule has 13 heteroatoms. The molecule has 0 amide bonds. The summed E-state index contributed by atoms with van der Waals surface area (Å²) >= 11 is 0. The van der Waals surface area contributed by atoms with Crippen LogP contribution in [0.25, 0.3) is 0 Å². The highest BCUT2D eigenvalue weighted by Crippen LogP contribution is 2.32. The molecule has 0 radical (unpaired) electrons. The zero-order valence-corrected chi connectivity index (χ0v) is 22.4. The molecule has 1 aliphatic rings. The zero-order chi connectivity index (χ0) is 28.9. The molecule has 1 N–H and O–H groups in total. The number of nitrogens with zero attached hydrogens (tertiary/aromatic N) is 1. The fourth-order valence-corrected chi connectivity index (χ4v) is 4.08. The van der Waals surface area contributed by atoms with Crippen molar-refractivity contribution in [2.45, 2.75) is 78.7 Å². The molecule has 2 heterocycles. The van der Waals surface area contributed by atoms with Crippen molar-refractivity contribution in [3.8, 4) is 5.88 Å². The molecule has 12 nitrogen and oxygen atoms in total. The molecule has 3 rings (SSSR count). The minimum Gasteiger partial charge on any atom is -0.463 e. The number of H-pyrrole nitrogens is 1. The number of aromatic amines is 1. The number of carbonyl (C=O) groups excluding carboxylic acids is 4. The molecule has 1 aromatic carbocycles. The van der Waals surface area contributed by atoms with Gasteiger partial charge in [-0.1, -0.05) is 12.1 Å². The van der Waals surface area contributed by atoms with Gasteiger partial charge in [0.15, 0.2) is 12.2 Å². The van der Waals surface area contributed by atoms with Crippen LogP contribution in [0.1, 0.15) is 50.1 Å². The third-order valence-corrected chi connectivity index (χ3v) is 5.83. The molecular weight excluding hydrogens is 519 g/mol. The highest BCUT2D eigenvalue weighted by molar-refractivity contribution is 5.68. The Kier molecular flexibility index (Phi) is 9.62. The highest BCUT2D eigenvalue weighted by Gasteiger charge is 2.53. The van der Waals surface area contributed by atoms with E-state index >= 15 is 0 Å². The Morgan fingerprint density at radius 2 is 1.54 bits per heavy atom. The number of esters is 4. The molecule has 0 saturated carbocycles. The lowest BCUT2D eigenvalue weighted by Gasteiger charge is -2.43. The number of carbonyl (C=O) groups is 4. The van der Waals surface area contributed by atoms with Gasteiger partial charge in [0.2, 0.25) is 18.3 Å². The lowest BCUT2D eigenvalue weighted by molar-refractivity contribution is -0.289. The van der Waals surface area contributed by atoms with Gasteiger partial charge in [0.25, 0.3) is 0 Å². The number of hydrogen-bond donors (Lipinski definition) is 1. The number of ether oxygens (including phenoxy) is 6. The van der Waals surface area contributed by atoms with E-state index in [2.05, 4.69) is 10.2 Å². The van der Waals surface area contributed by atoms with E-state index in [1.54, 1.807) is 26.0 Å². The van der Waals surface area contributed by atoms with Crippen LogP contribution in [0.4, 0.5) is 4.39 Å². The molecule has 5 atom stereocenters. The monoisotopic (exact) mass is 550 g/mol. The normalized spacial score (nSPS) is 22.5. The molecule has 1 aromatic heterocycles. The number of rotatable bonds is 9. The van der Waals surface area contributed by atoms with Gasteiger partial charge in [-0.15, -0.1) is 5.10 Å². The first-order chi connectivity index (χ1) is 18.3. The number of nitrogens with one attached hydrogen (secondary N) is 1. The fourth-order valence-electron chi connectivity index (χ4n) is 4.08. The van der Waals surface area contributed by atoms with E-state index in [1.807, 2.05) is 0 Å². The second-order valence-corrected chi connectivity index (χ2v) is 9.08. The summed E-state index contributed by atoms with van der Waals surface area (Å²) in [4.78, 5) is 47.4. The fraction of sp³-hybridized carbons (Fsp3) is 0.500. The summed E-state index contributed by atoms with van der Waals surface area (Å²) < 4.78 is 47.4. The molecule has 0 bridgehead atoms. The quantitative estimate of drug-likeness (QED) is 0.361. The summed E-state index contributed by atoms with van der Waals surface area (Å²) in [5, 5.41) is 6.97. The second-order valence-electron chi connectivity index (χ2n) is 9.08. The molecule has 1 aliphatic heterocycles. The predicted octanol–water partition coefficient (Wildman–Crippen LogP) is 2.22. The van der Waals surface area contributed by atoms with Crippen molar-refractivity contribution in [1.82, 2.24) is 10.2 Å². The Morgan fingerprint density at radius 3 is 2.13 bits per heavy atom. The Hall–Kier alpha value is -4.00. The van der Waals surface area contributed by atoms with Crippen molar-refractivity contribution in [3.05, 3.63) is 46.4 Å². The number of aromatic nitrogens is 2. The predicted molar refractivity (Wildman–Crippen MR) is 130 cm³/mol. The van der Waals surface area contributed by atoms with Crippen LogP contribution in [0.15, 0.2) is 18.2 Å². The largest absolute Gasteiger partial charge is 0.463 e. The van der Waals surface area contributed by atoms with E-state index in [0.29, 0.717) is 22.4 Å². The van der Waals surface area contributed by atoms with Gasteiger partial charge >= 0.3 is 23.9 Å². The third kappa shape index (κ3) is 7.76. The van der Waals surface area contributed by atoms with Crippen LogP contribution < -0.4 is 4.74 Å². The van der Waals surface area contributed by atoms with Crippen LogP contribution in [0, 0.1) is 19.7 Å². The summed E-state index contributed by atoms with van der Waals surface area (Å²) in [5.41, 5.74) is 2.33. The van der Waals surface area contributed by atoms with E-state index in [9.17, 15) is 23.6 Å². The minimum atomic E-state index is -1.44. The first kappa shape index (κ1) is 29.6. The Balaban J connectivity index is 1.99.